The Balaban J connectivity index is 3.06. The number of rotatable bonds is 7. The molecule has 0 heterocycles. The molecule has 0 bridgehead atoms. The fourth-order valence-electron chi connectivity index (χ4n) is 2.38. The fourth-order valence-corrected chi connectivity index (χ4v) is 3.99. The number of benzene rings is 1. The highest BCUT2D eigenvalue weighted by Gasteiger charge is 2.25. The molecule has 1 rings (SSSR count). The van der Waals surface area contributed by atoms with Gasteiger partial charge in [0.05, 0.1) is 11.0 Å². The first kappa shape index (κ1) is 17.2. The number of nitrogens with one attached hydrogen (secondary N) is 1. The van der Waals surface area contributed by atoms with Crippen molar-refractivity contribution in [3.05, 3.63) is 34.9 Å². The maximum absolute atomic E-state index is 12.3. The van der Waals surface area contributed by atoms with Crippen molar-refractivity contribution >= 4 is 9.84 Å². The highest BCUT2D eigenvalue weighted by molar-refractivity contribution is 7.92. The van der Waals surface area contributed by atoms with E-state index in [1.807, 2.05) is 27.7 Å². The highest BCUT2D eigenvalue weighted by Crippen LogP contribution is 2.21. The fraction of sp³-hybridized carbons (Fsp3) is 0.625. The molecule has 0 spiro atoms. The third-order valence-corrected chi connectivity index (χ3v) is 6.04. The lowest BCUT2D eigenvalue weighted by molar-refractivity contribution is 0.548. The Labute approximate surface area is 123 Å². The molecule has 0 radical (unpaired) electrons. The van der Waals surface area contributed by atoms with Crippen molar-refractivity contribution < 1.29 is 8.42 Å². The predicted molar refractivity (Wildman–Crippen MR) is 85.9 cm³/mol. The van der Waals surface area contributed by atoms with Gasteiger partial charge in [-0.15, -0.1) is 0 Å². The zero-order valence-corrected chi connectivity index (χ0v) is 14.0. The predicted octanol–water partition coefficient (Wildman–Crippen LogP) is 3.17. The van der Waals surface area contributed by atoms with Crippen molar-refractivity contribution in [2.75, 3.05) is 12.3 Å². The van der Waals surface area contributed by atoms with Gasteiger partial charge in [0, 0.05) is 6.04 Å². The van der Waals surface area contributed by atoms with Crippen LogP contribution in [0, 0.1) is 13.8 Å². The van der Waals surface area contributed by atoms with Gasteiger partial charge in [-0.2, -0.15) is 0 Å². The quantitative estimate of drug-likeness (QED) is 0.841. The molecular weight excluding hydrogens is 270 g/mol. The second kappa shape index (κ2) is 7.23. The Morgan fingerprint density at radius 2 is 1.65 bits per heavy atom. The summed E-state index contributed by atoms with van der Waals surface area (Å²) in [5.74, 6) is 0.165. The van der Waals surface area contributed by atoms with E-state index in [0.29, 0.717) is 6.42 Å². The summed E-state index contributed by atoms with van der Waals surface area (Å²) >= 11 is 0. The van der Waals surface area contributed by atoms with Crippen molar-refractivity contribution in [2.24, 2.45) is 0 Å². The Morgan fingerprint density at radius 1 is 1.10 bits per heavy atom. The molecule has 0 aliphatic heterocycles. The molecule has 0 saturated heterocycles. The molecule has 20 heavy (non-hydrogen) atoms. The zero-order chi connectivity index (χ0) is 15.3. The molecule has 114 valence electrons. The SMILES string of the molecule is CCNC(CS(=O)(=O)C(C)CC)c1cc(C)cc(C)c1. The molecule has 1 aromatic carbocycles. The molecule has 0 aliphatic carbocycles. The van der Waals surface area contributed by atoms with E-state index in [-0.39, 0.29) is 17.0 Å². The maximum Gasteiger partial charge on any atom is 0.154 e. The van der Waals surface area contributed by atoms with Crippen LogP contribution in [0.4, 0.5) is 0 Å². The van der Waals surface area contributed by atoms with Gasteiger partial charge in [0.15, 0.2) is 9.84 Å². The minimum atomic E-state index is -3.07. The average molecular weight is 297 g/mol. The van der Waals surface area contributed by atoms with Gasteiger partial charge in [0.1, 0.15) is 0 Å². The summed E-state index contributed by atoms with van der Waals surface area (Å²) in [5, 5.41) is 3.03. The first-order chi connectivity index (χ1) is 9.30. The third-order valence-electron chi connectivity index (χ3n) is 3.68. The van der Waals surface area contributed by atoms with Gasteiger partial charge in [0.25, 0.3) is 0 Å². The normalized spacial score (nSPS) is 15.1. The number of hydrogen-bond donors (Lipinski definition) is 1. The lowest BCUT2D eigenvalue weighted by Crippen LogP contribution is -2.32. The molecule has 2 atom stereocenters. The van der Waals surface area contributed by atoms with E-state index in [0.717, 1.165) is 12.1 Å². The topological polar surface area (TPSA) is 46.2 Å². The van der Waals surface area contributed by atoms with Gasteiger partial charge in [0.2, 0.25) is 0 Å². The molecular formula is C16H27NO2S. The van der Waals surface area contributed by atoms with Gasteiger partial charge >= 0.3 is 0 Å². The largest absolute Gasteiger partial charge is 0.309 e. The van der Waals surface area contributed by atoms with E-state index in [1.165, 1.54) is 11.1 Å². The summed E-state index contributed by atoms with van der Waals surface area (Å²) in [7, 11) is -3.07. The van der Waals surface area contributed by atoms with E-state index >= 15 is 0 Å². The molecule has 4 heteroatoms. The summed E-state index contributed by atoms with van der Waals surface area (Å²) in [6.45, 7) is 10.6. The minimum Gasteiger partial charge on any atom is -0.309 e. The lowest BCUT2D eigenvalue weighted by Gasteiger charge is -2.21. The first-order valence-electron chi connectivity index (χ1n) is 7.33. The van der Waals surface area contributed by atoms with E-state index in [9.17, 15) is 8.42 Å². The van der Waals surface area contributed by atoms with Gasteiger partial charge in [-0.1, -0.05) is 43.2 Å². The summed E-state index contributed by atoms with van der Waals surface area (Å²) in [6.07, 6.45) is 0.661. The zero-order valence-electron chi connectivity index (χ0n) is 13.2. The van der Waals surface area contributed by atoms with Crippen LogP contribution in [0.2, 0.25) is 0 Å². The van der Waals surface area contributed by atoms with Crippen LogP contribution in [-0.2, 0) is 9.84 Å². The van der Waals surface area contributed by atoms with Crippen LogP contribution in [0.15, 0.2) is 18.2 Å². The second-order valence-corrected chi connectivity index (χ2v) is 8.04. The van der Waals surface area contributed by atoms with Crippen molar-refractivity contribution in [2.45, 2.75) is 52.3 Å². The number of aryl methyl sites for hydroxylation is 2. The van der Waals surface area contributed by atoms with Crippen molar-refractivity contribution in [1.82, 2.24) is 5.32 Å². The summed E-state index contributed by atoms with van der Waals surface area (Å²) in [5.41, 5.74) is 3.41. The molecule has 1 aromatic rings. The third kappa shape index (κ3) is 4.60. The molecule has 0 aliphatic rings. The van der Waals surface area contributed by atoms with Crippen molar-refractivity contribution in [1.29, 1.82) is 0 Å². The Hall–Kier alpha value is -0.870. The second-order valence-electron chi connectivity index (χ2n) is 5.58. The van der Waals surface area contributed by atoms with Crippen LogP contribution < -0.4 is 5.32 Å². The molecule has 2 unspecified atom stereocenters. The summed E-state index contributed by atoms with van der Waals surface area (Å²) in [4.78, 5) is 0. The molecule has 0 amide bonds. The number of hydrogen-bond acceptors (Lipinski definition) is 3. The smallest absolute Gasteiger partial charge is 0.154 e. The van der Waals surface area contributed by atoms with E-state index in [4.69, 9.17) is 0 Å². The van der Waals surface area contributed by atoms with Gasteiger partial charge in [-0.05, 0) is 39.3 Å². The van der Waals surface area contributed by atoms with E-state index in [1.54, 1.807) is 6.92 Å². The molecule has 3 nitrogen and oxygen atoms in total. The monoisotopic (exact) mass is 297 g/mol. The van der Waals surface area contributed by atoms with Gasteiger partial charge < -0.3 is 5.32 Å². The molecule has 0 aromatic heterocycles. The number of sulfone groups is 1. The maximum atomic E-state index is 12.3. The van der Waals surface area contributed by atoms with Gasteiger partial charge in [-0.25, -0.2) is 8.42 Å². The van der Waals surface area contributed by atoms with E-state index < -0.39 is 9.84 Å². The van der Waals surface area contributed by atoms with Crippen LogP contribution in [0.25, 0.3) is 0 Å². The van der Waals surface area contributed by atoms with Crippen molar-refractivity contribution in [3.8, 4) is 0 Å². The highest BCUT2D eigenvalue weighted by atomic mass is 32.2. The molecule has 0 fully saturated rings. The average Bonchev–Trinajstić information content (AvgIpc) is 2.35. The lowest BCUT2D eigenvalue weighted by atomic mass is 10.0. The van der Waals surface area contributed by atoms with E-state index in [2.05, 4.69) is 23.5 Å². The van der Waals surface area contributed by atoms with Gasteiger partial charge in [-0.3, -0.25) is 0 Å². The Kier molecular flexibility index (Phi) is 6.21. The van der Waals surface area contributed by atoms with Crippen molar-refractivity contribution in [3.63, 3.8) is 0 Å². The Bertz CT molecular complexity index is 517. The van der Waals surface area contributed by atoms with Crippen LogP contribution in [-0.4, -0.2) is 26.0 Å². The molecule has 1 N–H and O–H groups in total. The standard InChI is InChI=1S/C16H27NO2S/c1-6-14(5)20(18,19)11-16(17-7-2)15-9-12(3)8-13(4)10-15/h8-10,14,16-17H,6-7,11H2,1-5H3. The van der Waals surface area contributed by atoms with Crippen LogP contribution >= 0.6 is 0 Å². The van der Waals surface area contributed by atoms with Crippen LogP contribution in [0.1, 0.15) is 49.9 Å². The Morgan fingerprint density at radius 3 is 2.10 bits per heavy atom. The first-order valence-corrected chi connectivity index (χ1v) is 9.04. The van der Waals surface area contributed by atoms with Crippen LogP contribution in [0.3, 0.4) is 0 Å². The minimum absolute atomic E-state index is 0.127. The summed E-state index contributed by atoms with van der Waals surface area (Å²) < 4.78 is 24.7. The van der Waals surface area contributed by atoms with Crippen LogP contribution in [0.5, 0.6) is 0 Å². The molecule has 0 saturated carbocycles. The summed E-state index contributed by atoms with van der Waals surface area (Å²) in [6, 6.07) is 6.13.